The molecule has 21 heavy (non-hydrogen) atoms. The number of nitro benzene ring substituents is 1. The Labute approximate surface area is 127 Å². The van der Waals surface area contributed by atoms with Gasteiger partial charge in [0.2, 0.25) is 5.16 Å². The van der Waals surface area contributed by atoms with E-state index >= 15 is 0 Å². The summed E-state index contributed by atoms with van der Waals surface area (Å²) in [6.07, 6.45) is 0. The summed E-state index contributed by atoms with van der Waals surface area (Å²) in [5.41, 5.74) is 0.0492. The summed E-state index contributed by atoms with van der Waals surface area (Å²) < 4.78 is 1.63. The first-order valence-electron chi connectivity index (χ1n) is 5.94. The van der Waals surface area contributed by atoms with Gasteiger partial charge in [0.25, 0.3) is 5.69 Å². The Bertz CT molecular complexity index is 757. The molecule has 0 unspecified atom stereocenters. The average Bonchev–Trinajstić information content (AvgIpc) is 3.12. The normalized spacial score (nSPS) is 10.7. The smallest absolute Gasteiger partial charge is 0.258 e. The summed E-state index contributed by atoms with van der Waals surface area (Å²) in [6, 6.07) is 10.5. The van der Waals surface area contributed by atoms with E-state index in [9.17, 15) is 10.1 Å². The minimum absolute atomic E-state index is 0.0492. The van der Waals surface area contributed by atoms with E-state index in [-0.39, 0.29) is 5.69 Å². The van der Waals surface area contributed by atoms with Gasteiger partial charge in [0.05, 0.1) is 16.4 Å². The van der Waals surface area contributed by atoms with Crippen LogP contribution in [-0.2, 0) is 6.54 Å². The quantitative estimate of drug-likeness (QED) is 0.531. The van der Waals surface area contributed by atoms with Crippen molar-refractivity contribution in [3.8, 4) is 0 Å². The molecule has 0 saturated heterocycles. The third-order valence-electron chi connectivity index (χ3n) is 2.65. The van der Waals surface area contributed by atoms with E-state index in [2.05, 4.69) is 15.5 Å². The Morgan fingerprint density at radius 3 is 2.90 bits per heavy atom. The first-order chi connectivity index (χ1) is 10.2. The lowest BCUT2D eigenvalue weighted by atomic mass is 10.3. The number of hydrogen-bond acceptors (Lipinski definition) is 7. The molecule has 0 bridgehead atoms. The lowest BCUT2D eigenvalue weighted by Gasteiger charge is -2.03. The van der Waals surface area contributed by atoms with Gasteiger partial charge in [-0.05, 0) is 39.7 Å². The van der Waals surface area contributed by atoms with E-state index in [1.54, 1.807) is 34.2 Å². The van der Waals surface area contributed by atoms with Crippen molar-refractivity contribution in [1.82, 2.24) is 20.2 Å². The standard InChI is InChI=1S/C12H9N5O2S2/c18-17(19)10-5-1-2-6-11(10)21-12-13-14-15-16(12)8-9-4-3-7-20-9/h1-7H,8H2. The average molecular weight is 319 g/mol. The molecular formula is C12H9N5O2S2. The minimum Gasteiger partial charge on any atom is -0.258 e. The van der Waals surface area contributed by atoms with Crippen molar-refractivity contribution < 1.29 is 4.92 Å². The van der Waals surface area contributed by atoms with Crippen molar-refractivity contribution in [3.05, 3.63) is 56.8 Å². The summed E-state index contributed by atoms with van der Waals surface area (Å²) in [6.45, 7) is 0.549. The summed E-state index contributed by atoms with van der Waals surface area (Å²) in [4.78, 5) is 12.3. The maximum absolute atomic E-state index is 11.0. The van der Waals surface area contributed by atoms with Gasteiger partial charge in [-0.1, -0.05) is 18.2 Å². The fraction of sp³-hybridized carbons (Fsp3) is 0.0833. The third kappa shape index (κ3) is 3.09. The Balaban J connectivity index is 1.86. The van der Waals surface area contributed by atoms with Gasteiger partial charge in [0, 0.05) is 10.9 Å². The number of nitro groups is 1. The lowest BCUT2D eigenvalue weighted by Crippen LogP contribution is -2.02. The number of benzene rings is 1. The zero-order chi connectivity index (χ0) is 14.7. The Morgan fingerprint density at radius 1 is 1.29 bits per heavy atom. The first-order valence-corrected chi connectivity index (χ1v) is 7.63. The van der Waals surface area contributed by atoms with E-state index < -0.39 is 4.92 Å². The lowest BCUT2D eigenvalue weighted by molar-refractivity contribution is -0.387. The molecule has 0 aliphatic rings. The molecule has 0 spiro atoms. The highest BCUT2D eigenvalue weighted by molar-refractivity contribution is 7.99. The van der Waals surface area contributed by atoms with Crippen molar-refractivity contribution >= 4 is 28.8 Å². The largest absolute Gasteiger partial charge is 0.283 e. The number of rotatable bonds is 5. The number of tetrazole rings is 1. The van der Waals surface area contributed by atoms with Crippen LogP contribution in [0.5, 0.6) is 0 Å². The van der Waals surface area contributed by atoms with Gasteiger partial charge in [-0.2, -0.15) is 0 Å². The predicted molar refractivity (Wildman–Crippen MR) is 78.5 cm³/mol. The molecule has 0 aliphatic carbocycles. The second kappa shape index (κ2) is 6.02. The van der Waals surface area contributed by atoms with Gasteiger partial charge in [-0.25, -0.2) is 4.68 Å². The number of nitrogens with zero attached hydrogens (tertiary/aromatic N) is 5. The molecule has 0 amide bonds. The van der Waals surface area contributed by atoms with Crippen LogP contribution in [0.2, 0.25) is 0 Å². The van der Waals surface area contributed by atoms with E-state index in [4.69, 9.17) is 0 Å². The van der Waals surface area contributed by atoms with Crippen molar-refractivity contribution in [2.45, 2.75) is 16.6 Å². The monoisotopic (exact) mass is 319 g/mol. The number of aromatic nitrogens is 4. The van der Waals surface area contributed by atoms with Gasteiger partial charge < -0.3 is 0 Å². The maximum Gasteiger partial charge on any atom is 0.283 e. The Kier molecular flexibility index (Phi) is 3.93. The van der Waals surface area contributed by atoms with Crippen LogP contribution in [0.25, 0.3) is 0 Å². The summed E-state index contributed by atoms with van der Waals surface area (Å²) in [5, 5.41) is 25.1. The molecular weight excluding hydrogens is 310 g/mol. The molecule has 0 N–H and O–H groups in total. The van der Waals surface area contributed by atoms with Crippen LogP contribution in [-0.4, -0.2) is 25.1 Å². The zero-order valence-electron chi connectivity index (χ0n) is 10.6. The van der Waals surface area contributed by atoms with Gasteiger partial charge in [-0.15, -0.1) is 16.4 Å². The summed E-state index contributed by atoms with van der Waals surface area (Å²) in [5.74, 6) is 0. The van der Waals surface area contributed by atoms with Crippen molar-refractivity contribution in [3.63, 3.8) is 0 Å². The molecule has 3 rings (SSSR count). The molecule has 0 radical (unpaired) electrons. The SMILES string of the molecule is O=[N+]([O-])c1ccccc1Sc1nnnn1Cc1cccs1. The molecule has 2 aromatic heterocycles. The van der Waals surface area contributed by atoms with Crippen molar-refractivity contribution in [1.29, 1.82) is 0 Å². The zero-order valence-corrected chi connectivity index (χ0v) is 12.3. The second-order valence-corrected chi connectivity index (χ2v) is 6.07. The van der Waals surface area contributed by atoms with E-state index in [0.29, 0.717) is 16.6 Å². The number of thiophene rings is 1. The number of hydrogen-bond donors (Lipinski definition) is 0. The Hall–Kier alpha value is -2.26. The van der Waals surface area contributed by atoms with E-state index in [1.807, 2.05) is 17.5 Å². The predicted octanol–water partition coefficient (Wildman–Crippen LogP) is 2.84. The van der Waals surface area contributed by atoms with E-state index in [1.165, 1.54) is 17.8 Å². The number of para-hydroxylation sites is 1. The molecule has 0 aliphatic heterocycles. The highest BCUT2D eigenvalue weighted by atomic mass is 32.2. The van der Waals surface area contributed by atoms with Crippen LogP contribution in [0.1, 0.15) is 4.88 Å². The highest BCUT2D eigenvalue weighted by Crippen LogP contribution is 2.33. The fourth-order valence-corrected chi connectivity index (χ4v) is 3.27. The highest BCUT2D eigenvalue weighted by Gasteiger charge is 2.17. The third-order valence-corrected chi connectivity index (χ3v) is 4.55. The maximum atomic E-state index is 11.0. The first kappa shape index (κ1) is 13.7. The van der Waals surface area contributed by atoms with Crippen LogP contribution < -0.4 is 0 Å². The van der Waals surface area contributed by atoms with Gasteiger partial charge in [0.1, 0.15) is 0 Å². The van der Waals surface area contributed by atoms with Crippen molar-refractivity contribution in [2.75, 3.05) is 0 Å². The van der Waals surface area contributed by atoms with Crippen LogP contribution >= 0.6 is 23.1 Å². The molecule has 106 valence electrons. The van der Waals surface area contributed by atoms with Crippen LogP contribution in [0.4, 0.5) is 5.69 Å². The molecule has 1 aromatic carbocycles. The van der Waals surface area contributed by atoms with Crippen molar-refractivity contribution in [2.24, 2.45) is 0 Å². The van der Waals surface area contributed by atoms with Gasteiger partial charge in [-0.3, -0.25) is 10.1 Å². The fourth-order valence-electron chi connectivity index (χ4n) is 1.71. The van der Waals surface area contributed by atoms with Gasteiger partial charge in [0.15, 0.2) is 0 Å². The minimum atomic E-state index is -0.407. The second-order valence-electron chi connectivity index (χ2n) is 4.03. The molecule has 7 nitrogen and oxygen atoms in total. The van der Waals surface area contributed by atoms with Crippen LogP contribution in [0.3, 0.4) is 0 Å². The topological polar surface area (TPSA) is 86.7 Å². The van der Waals surface area contributed by atoms with Gasteiger partial charge >= 0.3 is 0 Å². The van der Waals surface area contributed by atoms with Crippen LogP contribution in [0, 0.1) is 10.1 Å². The molecule has 0 saturated carbocycles. The Morgan fingerprint density at radius 2 is 2.14 bits per heavy atom. The van der Waals surface area contributed by atoms with Crippen LogP contribution in [0.15, 0.2) is 51.8 Å². The summed E-state index contributed by atoms with van der Waals surface area (Å²) >= 11 is 2.80. The molecule has 2 heterocycles. The summed E-state index contributed by atoms with van der Waals surface area (Å²) in [7, 11) is 0. The molecule has 9 heteroatoms. The molecule has 0 fully saturated rings. The van der Waals surface area contributed by atoms with E-state index in [0.717, 1.165) is 4.88 Å². The molecule has 3 aromatic rings. The molecule has 0 atom stereocenters.